The molecule has 0 amide bonds. The SMILES string of the molecule is CC/C=C\C/C=C\C/C=C\CCCCCCCCCC(=O)OCC(COP(=O)(O)OCC(O)COP(=O)(O)OCC(COC(=O)CCCCCCCC/C=C\C/C=C\C/C=C\CCCCC)OC(=O)CCCCCCC/C=C\CCCCCC)OC(=O)CCCCCCC/C=C\CCCCCCCC. The zero-order valence-corrected chi connectivity index (χ0v) is 67.7. The van der Waals surface area contributed by atoms with Gasteiger partial charge in [-0.1, -0.05) is 285 Å². The lowest BCUT2D eigenvalue weighted by Gasteiger charge is -2.21. The predicted octanol–water partition coefficient (Wildman–Crippen LogP) is 24.3. The minimum absolute atomic E-state index is 0.0825. The van der Waals surface area contributed by atoms with E-state index in [0.29, 0.717) is 25.7 Å². The molecule has 0 spiro atoms. The largest absolute Gasteiger partial charge is 0.472 e. The molecule has 0 aromatic heterocycles. The summed E-state index contributed by atoms with van der Waals surface area (Å²) >= 11 is 0. The van der Waals surface area contributed by atoms with E-state index in [1.807, 2.05) is 0 Å². The Balaban J connectivity index is 5.35. The van der Waals surface area contributed by atoms with E-state index in [-0.39, 0.29) is 25.7 Å². The summed E-state index contributed by atoms with van der Waals surface area (Å²) in [5, 5.41) is 10.7. The molecule has 0 radical (unpaired) electrons. The quantitative estimate of drug-likeness (QED) is 0.0169. The van der Waals surface area contributed by atoms with Crippen molar-refractivity contribution in [3.63, 3.8) is 0 Å². The Morgan fingerprint density at radius 1 is 0.279 bits per heavy atom. The highest BCUT2D eigenvalue weighted by atomic mass is 31.2. The first-order valence-electron chi connectivity index (χ1n) is 41.5. The van der Waals surface area contributed by atoms with E-state index >= 15 is 0 Å². The molecule has 0 aliphatic heterocycles. The van der Waals surface area contributed by atoms with Crippen LogP contribution in [0.1, 0.15) is 362 Å². The third-order valence-corrected chi connectivity index (χ3v) is 19.4. The predicted molar refractivity (Wildman–Crippen MR) is 427 cm³/mol. The molecule has 19 heteroatoms. The van der Waals surface area contributed by atoms with Crippen LogP contribution in [0.3, 0.4) is 0 Å². The lowest BCUT2D eigenvalue weighted by molar-refractivity contribution is -0.161. The molecule has 0 fully saturated rings. The van der Waals surface area contributed by atoms with Crippen molar-refractivity contribution in [2.45, 2.75) is 380 Å². The van der Waals surface area contributed by atoms with Crippen LogP contribution in [-0.4, -0.2) is 96.7 Å². The van der Waals surface area contributed by atoms with Crippen LogP contribution in [0.25, 0.3) is 0 Å². The number of phosphoric acid groups is 2. The van der Waals surface area contributed by atoms with Gasteiger partial charge in [0, 0.05) is 25.7 Å². The molecular formula is C85H150O17P2. The molecule has 5 unspecified atom stereocenters. The summed E-state index contributed by atoms with van der Waals surface area (Å²) in [4.78, 5) is 73.1. The van der Waals surface area contributed by atoms with E-state index in [9.17, 15) is 43.2 Å². The number of hydrogen-bond acceptors (Lipinski definition) is 15. The van der Waals surface area contributed by atoms with Gasteiger partial charge < -0.3 is 33.8 Å². The van der Waals surface area contributed by atoms with E-state index in [1.54, 1.807) is 0 Å². The number of phosphoric ester groups is 2. The minimum Gasteiger partial charge on any atom is -0.462 e. The summed E-state index contributed by atoms with van der Waals surface area (Å²) in [6.45, 7) is 4.73. The first-order valence-corrected chi connectivity index (χ1v) is 44.5. The normalized spacial score (nSPS) is 14.3. The van der Waals surface area contributed by atoms with E-state index in [2.05, 4.69) is 125 Å². The first-order chi connectivity index (χ1) is 50.7. The smallest absolute Gasteiger partial charge is 0.462 e. The number of unbranched alkanes of at least 4 members (excludes halogenated alkanes) is 36. The van der Waals surface area contributed by atoms with Gasteiger partial charge in [-0.05, 0) is 148 Å². The topological polar surface area (TPSA) is 237 Å². The molecule has 3 N–H and O–H groups in total. The van der Waals surface area contributed by atoms with Gasteiger partial charge in [0.25, 0.3) is 0 Å². The van der Waals surface area contributed by atoms with Gasteiger partial charge in [0.2, 0.25) is 0 Å². The number of rotatable bonds is 78. The number of carbonyl (C=O) groups is 4. The Hall–Kier alpha value is -4.02. The van der Waals surface area contributed by atoms with Crippen molar-refractivity contribution < 1.29 is 80.2 Å². The summed E-state index contributed by atoms with van der Waals surface area (Å²) in [7, 11) is -9.96. The summed E-state index contributed by atoms with van der Waals surface area (Å²) in [5.74, 6) is -2.20. The van der Waals surface area contributed by atoms with Gasteiger partial charge in [-0.2, -0.15) is 0 Å². The van der Waals surface area contributed by atoms with Crippen molar-refractivity contribution in [1.29, 1.82) is 0 Å². The van der Waals surface area contributed by atoms with Crippen LogP contribution in [0.15, 0.2) is 97.2 Å². The number of carbonyl (C=O) groups excluding carboxylic acids is 4. The molecule has 104 heavy (non-hydrogen) atoms. The number of ether oxygens (including phenoxy) is 4. The average Bonchev–Trinajstić information content (AvgIpc) is 0.939. The van der Waals surface area contributed by atoms with Gasteiger partial charge in [-0.25, -0.2) is 9.13 Å². The van der Waals surface area contributed by atoms with Crippen LogP contribution in [-0.2, 0) is 65.4 Å². The molecule has 0 heterocycles. The molecule has 0 aromatic rings. The third-order valence-electron chi connectivity index (χ3n) is 17.5. The van der Waals surface area contributed by atoms with Crippen molar-refractivity contribution >= 4 is 39.5 Å². The number of esters is 4. The molecule has 0 bridgehead atoms. The second kappa shape index (κ2) is 77.1. The van der Waals surface area contributed by atoms with Crippen LogP contribution >= 0.6 is 15.6 Å². The Kier molecular flexibility index (Phi) is 74.2. The van der Waals surface area contributed by atoms with Crippen molar-refractivity contribution in [2.24, 2.45) is 0 Å². The molecule has 602 valence electrons. The van der Waals surface area contributed by atoms with E-state index in [1.165, 1.54) is 83.5 Å². The Morgan fingerprint density at radius 3 is 0.808 bits per heavy atom. The molecule has 0 saturated heterocycles. The van der Waals surface area contributed by atoms with Crippen LogP contribution in [0.2, 0.25) is 0 Å². The number of aliphatic hydroxyl groups is 1. The average molecular weight is 1510 g/mol. The van der Waals surface area contributed by atoms with Crippen molar-refractivity contribution in [1.82, 2.24) is 0 Å². The van der Waals surface area contributed by atoms with Crippen LogP contribution in [0.4, 0.5) is 0 Å². The maximum absolute atomic E-state index is 13.1. The maximum Gasteiger partial charge on any atom is 0.472 e. The molecule has 5 atom stereocenters. The standard InChI is InChI=1S/C85H150O17P2/c1-5-9-13-17-21-25-29-33-36-38-39-41-44-47-50-54-58-62-66-70-83(88)95-75-80(101-84(89)71-67-63-59-55-51-45-32-28-24-20-16-12-8-4)77-99-103(91,92)97-73-79(86)74-98-104(93,94)100-78-81(102-85(90)72-68-64-60-56-52-48-42-35-31-27-23-19-15-11-7-3)76-96-82(87)69-65-61-57-53-49-46-43-40-37-34-30-26-22-18-14-10-6-2/h10,14,21-22,25-26,28,32-37,39,41-42,79-81,86H,5-9,11-13,15-20,23-24,27,29-31,38,40,43-78H2,1-4H3,(H,91,92)(H,93,94)/b14-10-,25-21-,26-22-,32-28-,36-33-,37-34-,41-39-,42-35-. The zero-order chi connectivity index (χ0) is 76.0. The molecule has 0 saturated carbocycles. The minimum atomic E-state index is -4.98. The first kappa shape index (κ1) is 100.0. The van der Waals surface area contributed by atoms with Gasteiger partial charge in [-0.15, -0.1) is 0 Å². The van der Waals surface area contributed by atoms with E-state index < -0.39 is 97.5 Å². The van der Waals surface area contributed by atoms with Crippen molar-refractivity contribution in [3.8, 4) is 0 Å². The lowest BCUT2D eigenvalue weighted by Crippen LogP contribution is -2.30. The van der Waals surface area contributed by atoms with Gasteiger partial charge in [0.15, 0.2) is 12.2 Å². The summed E-state index contributed by atoms with van der Waals surface area (Å²) in [6, 6.07) is 0. The zero-order valence-electron chi connectivity index (χ0n) is 65.9. The van der Waals surface area contributed by atoms with Gasteiger partial charge in [0.1, 0.15) is 19.3 Å². The summed E-state index contributed by atoms with van der Waals surface area (Å²) < 4.78 is 68.7. The molecule has 0 aliphatic carbocycles. The van der Waals surface area contributed by atoms with Crippen LogP contribution in [0, 0.1) is 0 Å². The molecule has 0 aromatic carbocycles. The monoisotopic (exact) mass is 1510 g/mol. The third kappa shape index (κ3) is 76.2. The highest BCUT2D eigenvalue weighted by Crippen LogP contribution is 2.45. The highest BCUT2D eigenvalue weighted by molar-refractivity contribution is 7.47. The number of aliphatic hydroxyl groups excluding tert-OH is 1. The summed E-state index contributed by atoms with van der Waals surface area (Å²) in [5.41, 5.74) is 0. The molecule has 0 rings (SSSR count). The fourth-order valence-electron chi connectivity index (χ4n) is 11.2. The lowest BCUT2D eigenvalue weighted by atomic mass is 10.1. The van der Waals surface area contributed by atoms with Gasteiger partial charge in [0.05, 0.1) is 26.4 Å². The van der Waals surface area contributed by atoms with Gasteiger partial charge in [-0.3, -0.25) is 37.3 Å². The second-order valence-electron chi connectivity index (χ2n) is 27.7. The van der Waals surface area contributed by atoms with Crippen molar-refractivity contribution in [3.05, 3.63) is 97.2 Å². The number of hydrogen-bond donors (Lipinski definition) is 3. The Bertz CT molecular complexity index is 2350. The van der Waals surface area contributed by atoms with E-state index in [0.717, 1.165) is 199 Å². The Morgan fingerprint density at radius 2 is 0.500 bits per heavy atom. The van der Waals surface area contributed by atoms with Crippen LogP contribution < -0.4 is 0 Å². The maximum atomic E-state index is 13.1. The molecular weight excluding hydrogens is 1350 g/mol. The fraction of sp³-hybridized carbons (Fsp3) is 0.765. The second-order valence-corrected chi connectivity index (χ2v) is 30.6. The highest BCUT2D eigenvalue weighted by Gasteiger charge is 2.30. The Labute approximate surface area is 633 Å². The summed E-state index contributed by atoms with van der Waals surface area (Å²) in [6.07, 6.45) is 82.3. The molecule has 17 nitrogen and oxygen atoms in total. The van der Waals surface area contributed by atoms with Crippen molar-refractivity contribution in [2.75, 3.05) is 39.6 Å². The number of allylic oxidation sites excluding steroid dienone is 16. The van der Waals surface area contributed by atoms with Crippen LogP contribution in [0.5, 0.6) is 0 Å². The van der Waals surface area contributed by atoms with E-state index in [4.69, 9.17) is 37.0 Å². The molecule has 0 aliphatic rings. The van der Waals surface area contributed by atoms with Gasteiger partial charge >= 0.3 is 39.5 Å². The fourth-order valence-corrected chi connectivity index (χ4v) is 12.8.